The Hall–Kier alpha value is -4.39. The first-order chi connectivity index (χ1) is 16.2. The van der Waals surface area contributed by atoms with Crippen molar-refractivity contribution in [2.45, 2.75) is 13.0 Å². The zero-order valence-corrected chi connectivity index (χ0v) is 18.3. The number of ether oxygens (including phenoxy) is 1. The molecule has 0 fully saturated rings. The molecule has 164 valence electrons. The van der Waals surface area contributed by atoms with E-state index in [4.69, 9.17) is 9.72 Å². The van der Waals surface area contributed by atoms with E-state index in [0.717, 1.165) is 28.4 Å². The molecule has 3 aromatic carbocycles. The first-order valence-electron chi connectivity index (χ1n) is 10.7. The molecule has 7 heteroatoms. The molecule has 1 atom stereocenters. The van der Waals surface area contributed by atoms with Crippen molar-refractivity contribution in [1.82, 2.24) is 9.97 Å². The number of carbonyl (C=O) groups is 1. The van der Waals surface area contributed by atoms with E-state index < -0.39 is 0 Å². The van der Waals surface area contributed by atoms with Gasteiger partial charge in [-0.1, -0.05) is 36.4 Å². The van der Waals surface area contributed by atoms with Gasteiger partial charge in [-0.05, 0) is 55.5 Å². The van der Waals surface area contributed by atoms with Crippen molar-refractivity contribution in [3.8, 4) is 5.75 Å². The number of benzene rings is 3. The lowest BCUT2D eigenvalue weighted by Crippen LogP contribution is -2.47. The first-order valence-corrected chi connectivity index (χ1v) is 10.7. The number of para-hydroxylation sites is 2. The highest BCUT2D eigenvalue weighted by atomic mass is 16.5. The van der Waals surface area contributed by atoms with E-state index in [0.29, 0.717) is 11.8 Å². The fourth-order valence-corrected chi connectivity index (χ4v) is 3.96. The zero-order chi connectivity index (χ0) is 22.8. The Morgan fingerprint density at radius 1 is 0.879 bits per heavy atom. The topological polar surface area (TPSA) is 70.6 Å². The minimum absolute atomic E-state index is 0.185. The van der Waals surface area contributed by atoms with E-state index in [1.807, 2.05) is 91.9 Å². The van der Waals surface area contributed by atoms with Gasteiger partial charge in [0.25, 0.3) is 0 Å². The molecule has 33 heavy (non-hydrogen) atoms. The molecule has 2 amide bonds. The Morgan fingerprint density at radius 2 is 1.55 bits per heavy atom. The van der Waals surface area contributed by atoms with Gasteiger partial charge in [-0.25, -0.2) is 14.7 Å². The van der Waals surface area contributed by atoms with Crippen LogP contribution >= 0.6 is 0 Å². The van der Waals surface area contributed by atoms with Crippen molar-refractivity contribution in [3.05, 3.63) is 96.7 Å². The number of carbonyl (C=O) groups excluding carboxylic acids is 1. The highest BCUT2D eigenvalue weighted by molar-refractivity contribution is 6.11. The SMILES string of the molecule is COc1ccc(N2C(=O)N(c3ccccc3)c3nc(Nc4ccccc4)ncc3[C@@H]2C)cc1. The lowest BCUT2D eigenvalue weighted by molar-refractivity contribution is 0.250. The highest BCUT2D eigenvalue weighted by Gasteiger charge is 2.39. The molecule has 0 aliphatic carbocycles. The molecular formula is C26H23N5O2. The molecule has 4 aromatic rings. The number of hydrogen-bond donors (Lipinski definition) is 1. The molecule has 0 saturated carbocycles. The Balaban J connectivity index is 1.60. The summed E-state index contributed by atoms with van der Waals surface area (Å²) >= 11 is 0. The number of nitrogens with one attached hydrogen (secondary N) is 1. The quantitative estimate of drug-likeness (QED) is 0.410. The van der Waals surface area contributed by atoms with Crippen LogP contribution in [0.4, 0.5) is 33.6 Å². The molecule has 0 radical (unpaired) electrons. The molecule has 7 nitrogen and oxygen atoms in total. The van der Waals surface area contributed by atoms with Crippen LogP contribution in [-0.4, -0.2) is 23.1 Å². The molecule has 1 aliphatic heterocycles. The second-order valence-electron chi connectivity index (χ2n) is 7.66. The maximum Gasteiger partial charge on any atom is 0.335 e. The lowest BCUT2D eigenvalue weighted by atomic mass is 10.0. The molecule has 1 aliphatic rings. The molecule has 1 N–H and O–H groups in total. The van der Waals surface area contributed by atoms with Gasteiger partial charge in [-0.2, -0.15) is 4.98 Å². The fraction of sp³-hybridized carbons (Fsp3) is 0.115. The van der Waals surface area contributed by atoms with Gasteiger partial charge in [0.05, 0.1) is 18.8 Å². The van der Waals surface area contributed by atoms with Gasteiger partial charge >= 0.3 is 6.03 Å². The molecular weight excluding hydrogens is 414 g/mol. The number of rotatable bonds is 5. The van der Waals surface area contributed by atoms with Crippen molar-refractivity contribution in [2.24, 2.45) is 0 Å². The number of anilines is 5. The predicted molar refractivity (Wildman–Crippen MR) is 130 cm³/mol. The maximum absolute atomic E-state index is 13.9. The number of nitrogens with zero attached hydrogens (tertiary/aromatic N) is 4. The Labute approximate surface area is 192 Å². The van der Waals surface area contributed by atoms with Crippen molar-refractivity contribution in [2.75, 3.05) is 22.2 Å². The smallest absolute Gasteiger partial charge is 0.335 e. The van der Waals surface area contributed by atoms with E-state index >= 15 is 0 Å². The van der Waals surface area contributed by atoms with Crippen LogP contribution in [0.3, 0.4) is 0 Å². The van der Waals surface area contributed by atoms with Gasteiger partial charge in [0.2, 0.25) is 5.95 Å². The summed E-state index contributed by atoms with van der Waals surface area (Å²) in [6.45, 7) is 1.98. The molecule has 1 aromatic heterocycles. The largest absolute Gasteiger partial charge is 0.497 e. The minimum atomic E-state index is -0.258. The summed E-state index contributed by atoms with van der Waals surface area (Å²) in [4.78, 5) is 26.6. The van der Waals surface area contributed by atoms with Crippen LogP contribution in [0.1, 0.15) is 18.5 Å². The lowest BCUT2D eigenvalue weighted by Gasteiger charge is -2.40. The number of amides is 2. The van der Waals surface area contributed by atoms with Crippen molar-refractivity contribution in [1.29, 1.82) is 0 Å². The molecule has 0 bridgehead atoms. The first kappa shape index (κ1) is 20.5. The number of fused-ring (bicyclic) bond motifs is 1. The van der Waals surface area contributed by atoms with Crippen LogP contribution < -0.4 is 19.9 Å². The summed E-state index contributed by atoms with van der Waals surface area (Å²) in [6.07, 6.45) is 1.79. The van der Waals surface area contributed by atoms with Crippen LogP contribution in [-0.2, 0) is 0 Å². The third-order valence-corrected chi connectivity index (χ3v) is 5.64. The van der Waals surface area contributed by atoms with Gasteiger partial charge in [-0.15, -0.1) is 0 Å². The summed E-state index contributed by atoms with van der Waals surface area (Å²) in [6, 6.07) is 26.3. The van der Waals surface area contributed by atoms with Gasteiger partial charge in [-0.3, -0.25) is 4.90 Å². The Morgan fingerprint density at radius 3 is 2.21 bits per heavy atom. The summed E-state index contributed by atoms with van der Waals surface area (Å²) in [5.41, 5.74) is 3.23. The van der Waals surface area contributed by atoms with Crippen molar-refractivity contribution < 1.29 is 9.53 Å². The molecule has 0 saturated heterocycles. The summed E-state index contributed by atoms with van der Waals surface area (Å²) in [7, 11) is 1.62. The summed E-state index contributed by atoms with van der Waals surface area (Å²) in [5.74, 6) is 1.73. The van der Waals surface area contributed by atoms with Crippen LogP contribution in [0, 0.1) is 0 Å². The monoisotopic (exact) mass is 437 g/mol. The van der Waals surface area contributed by atoms with Gasteiger partial charge in [0.15, 0.2) is 5.82 Å². The van der Waals surface area contributed by atoms with Crippen LogP contribution in [0.5, 0.6) is 5.75 Å². The average molecular weight is 438 g/mol. The van der Waals surface area contributed by atoms with E-state index in [2.05, 4.69) is 10.3 Å². The molecule has 2 heterocycles. The average Bonchev–Trinajstić information content (AvgIpc) is 2.86. The standard InChI is InChI=1S/C26H23N5O2/c1-18-23-17-27-25(28-19-9-5-3-6-10-19)29-24(23)31(20-11-7-4-8-12-20)26(32)30(18)21-13-15-22(33-2)16-14-21/h3-18H,1-2H3,(H,27,28,29)/t18-/m0/s1. The van der Waals surface area contributed by atoms with Crippen molar-refractivity contribution >= 4 is 34.9 Å². The third-order valence-electron chi connectivity index (χ3n) is 5.64. The van der Waals surface area contributed by atoms with E-state index in [1.165, 1.54) is 0 Å². The Kier molecular flexibility index (Phi) is 5.36. The van der Waals surface area contributed by atoms with Gasteiger partial charge in [0, 0.05) is 23.1 Å². The van der Waals surface area contributed by atoms with Crippen LogP contribution in [0.2, 0.25) is 0 Å². The highest BCUT2D eigenvalue weighted by Crippen LogP contribution is 2.42. The van der Waals surface area contributed by atoms with Crippen LogP contribution in [0.15, 0.2) is 91.1 Å². The number of aromatic nitrogens is 2. The molecule has 0 unspecified atom stereocenters. The van der Waals surface area contributed by atoms with Crippen LogP contribution in [0.25, 0.3) is 0 Å². The normalized spacial score (nSPS) is 15.2. The molecule has 5 rings (SSSR count). The summed E-state index contributed by atoms with van der Waals surface area (Å²) < 4.78 is 5.28. The van der Waals surface area contributed by atoms with Gasteiger partial charge in [0.1, 0.15) is 5.75 Å². The second-order valence-corrected chi connectivity index (χ2v) is 7.66. The van der Waals surface area contributed by atoms with E-state index in [1.54, 1.807) is 23.1 Å². The predicted octanol–water partition coefficient (Wildman–Crippen LogP) is 6.07. The fourth-order valence-electron chi connectivity index (χ4n) is 3.96. The number of urea groups is 1. The van der Waals surface area contributed by atoms with Crippen molar-refractivity contribution in [3.63, 3.8) is 0 Å². The summed E-state index contributed by atoms with van der Waals surface area (Å²) in [5, 5.41) is 3.22. The molecule has 0 spiro atoms. The third kappa shape index (κ3) is 3.85. The van der Waals surface area contributed by atoms with E-state index in [9.17, 15) is 4.79 Å². The number of hydrogen-bond acceptors (Lipinski definition) is 5. The minimum Gasteiger partial charge on any atom is -0.497 e. The maximum atomic E-state index is 13.9. The Bertz CT molecular complexity index is 1260. The van der Waals surface area contributed by atoms with E-state index in [-0.39, 0.29) is 12.1 Å². The number of methoxy groups -OCH3 is 1. The van der Waals surface area contributed by atoms with Gasteiger partial charge < -0.3 is 10.1 Å². The zero-order valence-electron chi connectivity index (χ0n) is 18.3. The second kappa shape index (κ2) is 8.63.